The van der Waals surface area contributed by atoms with E-state index in [1.165, 1.54) is 0 Å². The molecule has 0 amide bonds. The van der Waals surface area contributed by atoms with Crippen LogP contribution in [0, 0.1) is 20.8 Å². The third kappa shape index (κ3) is 4.96. The summed E-state index contributed by atoms with van der Waals surface area (Å²) in [7, 11) is -5.71. The van der Waals surface area contributed by atoms with Gasteiger partial charge >= 0.3 is 27.3 Å². The molecule has 7 nitrogen and oxygen atoms in total. The van der Waals surface area contributed by atoms with E-state index in [0.29, 0.717) is 5.56 Å². The summed E-state index contributed by atoms with van der Waals surface area (Å²) in [5.41, 5.74) is 2.47. The van der Waals surface area contributed by atoms with Crippen LogP contribution in [0.15, 0.2) is 12.1 Å². The first-order valence-electron chi connectivity index (χ1n) is 6.60. The van der Waals surface area contributed by atoms with Gasteiger partial charge < -0.3 is 9.47 Å². The van der Waals surface area contributed by atoms with Crippen molar-refractivity contribution in [1.29, 1.82) is 0 Å². The number of hydrogen-bond donors (Lipinski definition) is 1. The number of carbonyl (C=O) groups excluding carboxylic acids is 2. The monoisotopic (exact) mass is 366 g/mol. The van der Waals surface area contributed by atoms with E-state index in [4.69, 9.17) is 4.55 Å². The summed E-state index contributed by atoms with van der Waals surface area (Å²) < 4.78 is 63.3. The molecule has 10 heteroatoms. The molecule has 1 aromatic rings. The van der Waals surface area contributed by atoms with E-state index in [0.717, 1.165) is 11.1 Å². The summed E-state index contributed by atoms with van der Waals surface area (Å²) in [5, 5.41) is -4.64. The predicted molar refractivity (Wildman–Crippen MR) is 78.4 cm³/mol. The fraction of sp³-hybridized carbons (Fsp3) is 0.429. The molecule has 134 valence electrons. The fourth-order valence-electron chi connectivity index (χ4n) is 1.73. The van der Waals surface area contributed by atoms with Crippen LogP contribution in [0.3, 0.4) is 0 Å². The van der Waals surface area contributed by atoms with Crippen LogP contribution in [0.2, 0.25) is 0 Å². The number of carbonyl (C=O) groups is 2. The van der Waals surface area contributed by atoms with Crippen LogP contribution in [0.1, 0.15) is 27.0 Å². The Hall–Kier alpha value is -2.07. The summed E-state index contributed by atoms with van der Waals surface area (Å²) >= 11 is 0. The van der Waals surface area contributed by atoms with Crippen molar-refractivity contribution in [2.45, 2.75) is 26.0 Å². The smallest absolute Gasteiger partial charge is 0.402 e. The second-order valence-electron chi connectivity index (χ2n) is 5.10. The maximum absolute atomic E-state index is 12.9. The van der Waals surface area contributed by atoms with Gasteiger partial charge in [-0.2, -0.15) is 17.2 Å². The Balaban J connectivity index is 2.64. The largest absolute Gasteiger partial charge is 0.455 e. The van der Waals surface area contributed by atoms with Crippen molar-refractivity contribution in [3.63, 3.8) is 0 Å². The highest BCUT2D eigenvalue weighted by Gasteiger charge is 2.45. The van der Waals surface area contributed by atoms with Gasteiger partial charge in [0.2, 0.25) is 0 Å². The molecule has 1 N–H and O–H groups in total. The highest BCUT2D eigenvalue weighted by atomic mass is 32.2. The van der Waals surface area contributed by atoms with Crippen molar-refractivity contribution in [3.05, 3.63) is 34.4 Å². The number of benzene rings is 1. The molecule has 0 aliphatic heterocycles. The first-order valence-corrected chi connectivity index (χ1v) is 8.04. The summed E-state index contributed by atoms with van der Waals surface area (Å²) in [6.07, 6.45) is 0. The van der Waals surface area contributed by atoms with Gasteiger partial charge in [0.15, 0.2) is 13.2 Å². The molecule has 0 saturated carbocycles. The lowest BCUT2D eigenvalue weighted by Crippen LogP contribution is -2.35. The minimum Gasteiger partial charge on any atom is -0.455 e. The van der Waals surface area contributed by atoms with Crippen LogP contribution in [-0.4, -0.2) is 43.4 Å². The normalized spacial score (nSPS) is 11.9. The summed E-state index contributed by atoms with van der Waals surface area (Å²) in [5.74, 6) is -2.23. The Kier molecular flexibility index (Phi) is 6.01. The third-order valence-corrected chi connectivity index (χ3v) is 4.00. The van der Waals surface area contributed by atoms with Crippen LogP contribution in [0.25, 0.3) is 0 Å². The number of hydrogen-bond acceptors (Lipinski definition) is 6. The molecular formula is C14H16F2O7S. The number of ether oxygens (including phenoxy) is 2. The number of halogens is 2. The predicted octanol–water partition coefficient (Wildman–Crippen LogP) is 1.79. The van der Waals surface area contributed by atoms with Crippen LogP contribution < -0.4 is 0 Å². The van der Waals surface area contributed by atoms with Gasteiger partial charge in [-0.05, 0) is 43.5 Å². The zero-order valence-corrected chi connectivity index (χ0v) is 13.9. The molecule has 0 atom stereocenters. The number of aryl methyl sites for hydroxylation is 2. The summed E-state index contributed by atoms with van der Waals surface area (Å²) in [6, 6.07) is 3.39. The van der Waals surface area contributed by atoms with Gasteiger partial charge in [-0.1, -0.05) is 6.07 Å². The highest BCUT2D eigenvalue weighted by molar-refractivity contribution is 7.86. The lowest BCUT2D eigenvalue weighted by Gasteiger charge is -2.13. The van der Waals surface area contributed by atoms with Crippen molar-refractivity contribution in [3.8, 4) is 0 Å². The molecule has 0 aliphatic rings. The van der Waals surface area contributed by atoms with Crippen LogP contribution >= 0.6 is 0 Å². The molecule has 0 saturated heterocycles. The average molecular weight is 366 g/mol. The van der Waals surface area contributed by atoms with Crippen molar-refractivity contribution in [2.75, 3.05) is 13.2 Å². The standard InChI is InChI=1S/C14H16F2O7S/c1-8-4-9(2)10(3)11(5-8)13(18)22-6-12(17)23-7-14(15,16)24(19,20)21/h4-5H,6-7H2,1-3H3,(H,19,20,21). The molecular weight excluding hydrogens is 350 g/mol. The van der Waals surface area contributed by atoms with E-state index in [2.05, 4.69) is 9.47 Å². The van der Waals surface area contributed by atoms with E-state index in [1.54, 1.807) is 26.8 Å². The quantitative estimate of drug-likeness (QED) is 0.604. The van der Waals surface area contributed by atoms with Crippen molar-refractivity contribution >= 4 is 22.1 Å². The number of esters is 2. The van der Waals surface area contributed by atoms with E-state index in [9.17, 15) is 26.8 Å². The van der Waals surface area contributed by atoms with Gasteiger partial charge in [0.25, 0.3) is 0 Å². The molecule has 0 heterocycles. The van der Waals surface area contributed by atoms with E-state index < -0.39 is 40.5 Å². The average Bonchev–Trinajstić information content (AvgIpc) is 2.45. The molecule has 0 aliphatic carbocycles. The van der Waals surface area contributed by atoms with Crippen LogP contribution in [0.5, 0.6) is 0 Å². The van der Waals surface area contributed by atoms with E-state index in [-0.39, 0.29) is 5.56 Å². The van der Waals surface area contributed by atoms with Crippen molar-refractivity contribution < 1.29 is 40.8 Å². The van der Waals surface area contributed by atoms with E-state index >= 15 is 0 Å². The SMILES string of the molecule is Cc1cc(C)c(C)c(C(=O)OCC(=O)OCC(F)(F)S(=O)(=O)O)c1. The molecule has 0 bridgehead atoms. The minimum atomic E-state index is -5.71. The van der Waals surface area contributed by atoms with Crippen molar-refractivity contribution in [2.24, 2.45) is 0 Å². The van der Waals surface area contributed by atoms with Gasteiger partial charge in [0, 0.05) is 0 Å². The maximum Gasteiger partial charge on any atom is 0.402 e. The lowest BCUT2D eigenvalue weighted by atomic mass is 10.0. The van der Waals surface area contributed by atoms with E-state index in [1.807, 2.05) is 6.07 Å². The molecule has 0 fully saturated rings. The Morgan fingerprint density at radius 2 is 1.75 bits per heavy atom. The second-order valence-corrected chi connectivity index (χ2v) is 6.65. The van der Waals surface area contributed by atoms with Crippen molar-refractivity contribution in [1.82, 2.24) is 0 Å². The maximum atomic E-state index is 12.9. The Bertz CT molecular complexity index is 757. The zero-order valence-electron chi connectivity index (χ0n) is 13.1. The van der Waals surface area contributed by atoms with Gasteiger partial charge in [-0.15, -0.1) is 0 Å². The Morgan fingerprint density at radius 1 is 1.17 bits per heavy atom. The van der Waals surface area contributed by atoms with Gasteiger partial charge in [-0.3, -0.25) is 4.55 Å². The van der Waals surface area contributed by atoms with Gasteiger partial charge in [0.1, 0.15) is 0 Å². The van der Waals surface area contributed by atoms with Gasteiger partial charge in [-0.25, -0.2) is 9.59 Å². The fourth-order valence-corrected chi connectivity index (χ4v) is 1.94. The highest BCUT2D eigenvalue weighted by Crippen LogP contribution is 2.21. The van der Waals surface area contributed by atoms with Gasteiger partial charge in [0.05, 0.1) is 5.56 Å². The first-order chi connectivity index (χ1) is 10.8. The molecule has 0 radical (unpaired) electrons. The summed E-state index contributed by atoms with van der Waals surface area (Å²) in [6.45, 7) is 2.35. The molecule has 0 spiro atoms. The molecule has 24 heavy (non-hydrogen) atoms. The third-order valence-electron chi connectivity index (χ3n) is 3.13. The molecule has 1 aromatic carbocycles. The Labute approximate surface area is 137 Å². The minimum absolute atomic E-state index is 0.212. The summed E-state index contributed by atoms with van der Waals surface area (Å²) in [4.78, 5) is 23.2. The lowest BCUT2D eigenvalue weighted by molar-refractivity contribution is -0.153. The molecule has 0 unspecified atom stereocenters. The number of rotatable bonds is 6. The second kappa shape index (κ2) is 7.22. The molecule has 1 rings (SSSR count). The molecule has 0 aromatic heterocycles. The van der Waals surface area contributed by atoms with Crippen LogP contribution in [0.4, 0.5) is 8.78 Å². The van der Waals surface area contributed by atoms with Crippen LogP contribution in [-0.2, 0) is 24.4 Å². The topological polar surface area (TPSA) is 107 Å². The zero-order chi connectivity index (χ0) is 18.7. The first kappa shape index (κ1) is 20.0. The Morgan fingerprint density at radius 3 is 2.29 bits per heavy atom. The number of alkyl halides is 2.